The molecule has 0 aromatic rings. The fourth-order valence-electron chi connectivity index (χ4n) is 2.19. The van der Waals surface area contributed by atoms with E-state index in [0.717, 1.165) is 12.8 Å². The fraction of sp³-hybridized carbons (Fsp3) is 0.917. The third-order valence-electron chi connectivity index (χ3n) is 3.06. The molecule has 3 nitrogen and oxygen atoms in total. The van der Waals surface area contributed by atoms with E-state index < -0.39 is 6.04 Å². The maximum atomic E-state index is 11.4. The zero-order chi connectivity index (χ0) is 11.1. The molecule has 1 atom stereocenters. The van der Waals surface area contributed by atoms with Crippen LogP contribution in [0, 0.1) is 5.92 Å². The van der Waals surface area contributed by atoms with Crippen molar-refractivity contribution in [1.82, 2.24) is 0 Å². The summed E-state index contributed by atoms with van der Waals surface area (Å²) in [7, 11) is 0. The average Bonchev–Trinajstić information content (AvgIpc) is 2.27. The Kier molecular flexibility index (Phi) is 5.69. The molecule has 1 saturated carbocycles. The van der Waals surface area contributed by atoms with Crippen LogP contribution in [0.15, 0.2) is 0 Å². The van der Waals surface area contributed by atoms with E-state index in [4.69, 9.17) is 10.5 Å². The van der Waals surface area contributed by atoms with Gasteiger partial charge in [-0.3, -0.25) is 4.79 Å². The van der Waals surface area contributed by atoms with Gasteiger partial charge in [-0.15, -0.1) is 0 Å². The van der Waals surface area contributed by atoms with Crippen LogP contribution in [0.1, 0.15) is 51.9 Å². The second-order valence-corrected chi connectivity index (χ2v) is 4.51. The molecule has 0 saturated heterocycles. The summed E-state index contributed by atoms with van der Waals surface area (Å²) in [5.74, 6) is 0.422. The highest BCUT2D eigenvalue weighted by Gasteiger charge is 2.21. The second kappa shape index (κ2) is 6.83. The summed E-state index contributed by atoms with van der Waals surface area (Å²) in [6.07, 6.45) is 8.06. The fourth-order valence-corrected chi connectivity index (χ4v) is 2.19. The minimum absolute atomic E-state index is 0.220. The first-order valence-electron chi connectivity index (χ1n) is 6.16. The molecule has 0 radical (unpaired) electrons. The van der Waals surface area contributed by atoms with Gasteiger partial charge in [0, 0.05) is 0 Å². The molecule has 1 rings (SSSR count). The third-order valence-corrected chi connectivity index (χ3v) is 3.06. The molecule has 88 valence electrons. The lowest BCUT2D eigenvalue weighted by Crippen LogP contribution is -2.34. The normalized spacial score (nSPS) is 19.9. The van der Waals surface area contributed by atoms with E-state index in [1.807, 2.05) is 6.92 Å². The van der Waals surface area contributed by atoms with Gasteiger partial charge in [0.15, 0.2) is 0 Å². The minimum atomic E-state index is -0.403. The third kappa shape index (κ3) is 4.65. The van der Waals surface area contributed by atoms with Gasteiger partial charge in [-0.25, -0.2) is 0 Å². The van der Waals surface area contributed by atoms with Gasteiger partial charge >= 0.3 is 5.97 Å². The van der Waals surface area contributed by atoms with Crippen LogP contribution in [0.4, 0.5) is 0 Å². The Balaban J connectivity index is 2.20. The predicted octanol–water partition coefficient (Wildman–Crippen LogP) is 2.24. The Bertz CT molecular complexity index is 188. The summed E-state index contributed by atoms with van der Waals surface area (Å²) in [4.78, 5) is 11.4. The smallest absolute Gasteiger partial charge is 0.322 e. The van der Waals surface area contributed by atoms with Gasteiger partial charge in [0.1, 0.15) is 6.04 Å². The maximum absolute atomic E-state index is 11.4. The van der Waals surface area contributed by atoms with E-state index in [0.29, 0.717) is 12.5 Å². The van der Waals surface area contributed by atoms with Crippen LogP contribution in [-0.4, -0.2) is 18.6 Å². The molecule has 0 heterocycles. The van der Waals surface area contributed by atoms with Crippen LogP contribution in [-0.2, 0) is 9.53 Å². The lowest BCUT2D eigenvalue weighted by molar-refractivity contribution is -0.145. The summed E-state index contributed by atoms with van der Waals surface area (Å²) >= 11 is 0. The number of carbonyl (C=O) groups excluding carboxylic acids is 1. The summed E-state index contributed by atoms with van der Waals surface area (Å²) in [5.41, 5.74) is 5.81. The molecule has 1 aliphatic carbocycles. The van der Waals surface area contributed by atoms with Gasteiger partial charge in [-0.1, -0.05) is 39.0 Å². The van der Waals surface area contributed by atoms with Gasteiger partial charge in [-0.2, -0.15) is 0 Å². The second-order valence-electron chi connectivity index (χ2n) is 4.51. The molecule has 0 aliphatic heterocycles. The van der Waals surface area contributed by atoms with Crippen molar-refractivity contribution in [3.8, 4) is 0 Å². The van der Waals surface area contributed by atoms with Crippen molar-refractivity contribution in [2.24, 2.45) is 11.7 Å². The molecule has 1 unspecified atom stereocenters. The Hall–Kier alpha value is -0.570. The number of hydrogen-bond donors (Lipinski definition) is 1. The van der Waals surface area contributed by atoms with Crippen LogP contribution in [0.5, 0.6) is 0 Å². The van der Waals surface area contributed by atoms with Crippen molar-refractivity contribution in [2.45, 2.75) is 57.9 Å². The van der Waals surface area contributed by atoms with Crippen molar-refractivity contribution < 1.29 is 9.53 Å². The number of nitrogens with two attached hydrogens (primary N) is 1. The highest BCUT2D eigenvalue weighted by atomic mass is 16.5. The van der Waals surface area contributed by atoms with Gasteiger partial charge < -0.3 is 10.5 Å². The molecule has 0 spiro atoms. The number of carbonyl (C=O) groups is 1. The highest BCUT2D eigenvalue weighted by molar-refractivity contribution is 5.75. The molecular weight excluding hydrogens is 190 g/mol. The van der Waals surface area contributed by atoms with Crippen molar-refractivity contribution in [2.75, 3.05) is 6.61 Å². The van der Waals surface area contributed by atoms with E-state index >= 15 is 0 Å². The standard InChI is InChI=1S/C12H23NO2/c1-2-8-15-12(14)11(13)9-10-6-4-3-5-7-10/h10-11H,2-9,13H2,1H3. The molecule has 15 heavy (non-hydrogen) atoms. The number of rotatable bonds is 5. The first kappa shape index (κ1) is 12.5. The molecular formula is C12H23NO2. The van der Waals surface area contributed by atoms with Crippen LogP contribution < -0.4 is 5.73 Å². The molecule has 0 amide bonds. The summed E-state index contributed by atoms with van der Waals surface area (Å²) in [5, 5.41) is 0. The van der Waals surface area contributed by atoms with E-state index in [9.17, 15) is 4.79 Å². The Morgan fingerprint density at radius 1 is 1.40 bits per heavy atom. The molecule has 0 aromatic carbocycles. The lowest BCUT2D eigenvalue weighted by atomic mass is 9.85. The molecule has 3 heteroatoms. The summed E-state index contributed by atoms with van der Waals surface area (Å²) < 4.78 is 5.03. The monoisotopic (exact) mass is 213 g/mol. The van der Waals surface area contributed by atoms with Gasteiger partial charge in [0.2, 0.25) is 0 Å². The largest absolute Gasteiger partial charge is 0.465 e. The quantitative estimate of drug-likeness (QED) is 0.712. The van der Waals surface area contributed by atoms with Crippen LogP contribution >= 0.6 is 0 Å². The maximum Gasteiger partial charge on any atom is 0.322 e. The zero-order valence-electron chi connectivity index (χ0n) is 9.71. The Labute approximate surface area is 92.4 Å². The highest BCUT2D eigenvalue weighted by Crippen LogP contribution is 2.27. The van der Waals surface area contributed by atoms with E-state index in [1.54, 1.807) is 0 Å². The Morgan fingerprint density at radius 2 is 2.07 bits per heavy atom. The lowest BCUT2D eigenvalue weighted by Gasteiger charge is -2.23. The van der Waals surface area contributed by atoms with Crippen LogP contribution in [0.25, 0.3) is 0 Å². The predicted molar refractivity (Wildman–Crippen MR) is 60.4 cm³/mol. The van der Waals surface area contributed by atoms with E-state index in [1.165, 1.54) is 32.1 Å². The minimum Gasteiger partial charge on any atom is -0.465 e. The molecule has 0 bridgehead atoms. The molecule has 0 aromatic heterocycles. The molecule has 1 fully saturated rings. The summed E-state index contributed by atoms with van der Waals surface area (Å²) in [6, 6.07) is -0.403. The van der Waals surface area contributed by atoms with E-state index in [2.05, 4.69) is 0 Å². The van der Waals surface area contributed by atoms with Gasteiger partial charge in [0.25, 0.3) is 0 Å². The first-order chi connectivity index (χ1) is 7.24. The van der Waals surface area contributed by atoms with Gasteiger partial charge in [-0.05, 0) is 18.8 Å². The van der Waals surface area contributed by atoms with Crippen LogP contribution in [0.2, 0.25) is 0 Å². The van der Waals surface area contributed by atoms with Crippen molar-refractivity contribution in [3.05, 3.63) is 0 Å². The van der Waals surface area contributed by atoms with Gasteiger partial charge in [0.05, 0.1) is 6.61 Å². The van der Waals surface area contributed by atoms with Crippen molar-refractivity contribution >= 4 is 5.97 Å². The first-order valence-corrected chi connectivity index (χ1v) is 6.16. The molecule has 1 aliphatic rings. The topological polar surface area (TPSA) is 52.3 Å². The number of ether oxygens (including phenoxy) is 1. The Morgan fingerprint density at radius 3 is 2.67 bits per heavy atom. The number of esters is 1. The molecule has 2 N–H and O–H groups in total. The van der Waals surface area contributed by atoms with Crippen molar-refractivity contribution in [3.63, 3.8) is 0 Å². The average molecular weight is 213 g/mol. The van der Waals surface area contributed by atoms with E-state index in [-0.39, 0.29) is 5.97 Å². The van der Waals surface area contributed by atoms with Crippen LogP contribution in [0.3, 0.4) is 0 Å². The zero-order valence-corrected chi connectivity index (χ0v) is 9.71. The summed E-state index contributed by atoms with van der Waals surface area (Å²) in [6.45, 7) is 2.48. The SMILES string of the molecule is CCCOC(=O)C(N)CC1CCCCC1. The number of hydrogen-bond acceptors (Lipinski definition) is 3. The van der Waals surface area contributed by atoms with Crippen molar-refractivity contribution in [1.29, 1.82) is 0 Å².